The standard InChI is InChI=1S/C31H43N7O11/c1-15(2)11-22(30(47)36-20(7-9-24(33)39)29(46)38-23(31(48)49)13-26(42)43)37-28(45)21(8-10-25(40)41)35-27(44)18(32)12-16-14-34-19-6-4-3-5-17(16)19/h3-6,14-15,18,20-23,34H,7-13,32H2,1-2H3,(H2,33,39)(H,35,44)(H,36,47)(H,37,45)(H,38,46)(H,40,41)(H,42,43)(H,48,49)/t18-,20-,21-,22-,23-/m0/s1. The van der Waals surface area contributed by atoms with Gasteiger partial charge in [-0.2, -0.15) is 0 Å². The fraction of sp³-hybridized carbons (Fsp3) is 0.484. The largest absolute Gasteiger partial charge is 0.481 e. The maximum Gasteiger partial charge on any atom is 0.326 e. The number of primary amides is 1. The van der Waals surface area contributed by atoms with Gasteiger partial charge in [0.05, 0.1) is 12.5 Å². The number of hydrogen-bond donors (Lipinski definition) is 10. The van der Waals surface area contributed by atoms with Gasteiger partial charge in [-0.25, -0.2) is 4.79 Å². The van der Waals surface area contributed by atoms with Crippen LogP contribution in [0.1, 0.15) is 57.9 Å². The lowest BCUT2D eigenvalue weighted by atomic mass is 10.0. The van der Waals surface area contributed by atoms with Crippen LogP contribution in [-0.2, 0) is 44.8 Å². The number of carbonyl (C=O) groups is 8. The third-order valence-electron chi connectivity index (χ3n) is 7.38. The molecule has 12 N–H and O–H groups in total. The number of aliphatic carboxylic acids is 3. The average molecular weight is 690 g/mol. The highest BCUT2D eigenvalue weighted by atomic mass is 16.4. The number of benzene rings is 1. The van der Waals surface area contributed by atoms with Crippen molar-refractivity contribution in [2.24, 2.45) is 17.4 Å². The number of carboxylic acids is 3. The van der Waals surface area contributed by atoms with Gasteiger partial charge in [-0.3, -0.25) is 33.6 Å². The number of fused-ring (bicyclic) bond motifs is 1. The summed E-state index contributed by atoms with van der Waals surface area (Å²) in [6, 6.07) is 0.0139. The fourth-order valence-electron chi connectivity index (χ4n) is 4.90. The van der Waals surface area contributed by atoms with Crippen molar-refractivity contribution < 1.29 is 53.7 Å². The van der Waals surface area contributed by atoms with Gasteiger partial charge in [0.2, 0.25) is 29.5 Å². The molecule has 18 heteroatoms. The first-order valence-electron chi connectivity index (χ1n) is 15.4. The first-order chi connectivity index (χ1) is 23.0. The van der Waals surface area contributed by atoms with Crippen molar-refractivity contribution in [1.82, 2.24) is 26.3 Å². The third-order valence-corrected chi connectivity index (χ3v) is 7.38. The lowest BCUT2D eigenvalue weighted by Crippen LogP contribution is -2.59. The van der Waals surface area contributed by atoms with E-state index in [4.69, 9.17) is 16.6 Å². The second-order valence-corrected chi connectivity index (χ2v) is 11.9. The molecule has 0 unspecified atom stereocenters. The maximum atomic E-state index is 13.5. The van der Waals surface area contributed by atoms with E-state index < -0.39 is 96.9 Å². The SMILES string of the molecule is CC(C)C[C@H](NC(=O)[C@H](CCC(=O)O)NC(=O)[C@@H](N)Cc1c[nH]c2ccccc12)C(=O)N[C@@H](CCC(N)=O)C(=O)N[C@@H](CC(=O)O)C(=O)O. The van der Waals surface area contributed by atoms with E-state index in [0.29, 0.717) is 0 Å². The van der Waals surface area contributed by atoms with Crippen molar-refractivity contribution in [2.45, 2.75) is 89.0 Å². The Balaban J connectivity index is 2.24. The number of aromatic amines is 1. The van der Waals surface area contributed by atoms with Crippen LogP contribution < -0.4 is 32.7 Å². The smallest absolute Gasteiger partial charge is 0.326 e. The molecule has 0 spiro atoms. The van der Waals surface area contributed by atoms with Gasteiger partial charge >= 0.3 is 17.9 Å². The van der Waals surface area contributed by atoms with Crippen molar-refractivity contribution in [3.63, 3.8) is 0 Å². The minimum atomic E-state index is -1.86. The zero-order valence-electron chi connectivity index (χ0n) is 27.1. The Morgan fingerprint density at radius 1 is 0.735 bits per heavy atom. The average Bonchev–Trinajstić information content (AvgIpc) is 3.41. The molecule has 2 aromatic rings. The van der Waals surface area contributed by atoms with Crippen LogP contribution in [0, 0.1) is 5.92 Å². The number of para-hydroxylation sites is 1. The molecule has 0 saturated carbocycles. The van der Waals surface area contributed by atoms with E-state index in [1.165, 1.54) is 0 Å². The molecule has 1 heterocycles. The number of carboxylic acid groups (broad SMARTS) is 3. The van der Waals surface area contributed by atoms with Gasteiger partial charge in [-0.1, -0.05) is 32.0 Å². The molecule has 49 heavy (non-hydrogen) atoms. The summed E-state index contributed by atoms with van der Waals surface area (Å²) in [6.45, 7) is 3.45. The number of rotatable bonds is 21. The van der Waals surface area contributed by atoms with Crippen LogP contribution in [0.3, 0.4) is 0 Å². The van der Waals surface area contributed by atoms with Crippen molar-refractivity contribution in [1.29, 1.82) is 0 Å². The van der Waals surface area contributed by atoms with E-state index >= 15 is 0 Å². The molecule has 5 amide bonds. The highest BCUT2D eigenvalue weighted by molar-refractivity contribution is 5.96. The molecular weight excluding hydrogens is 646 g/mol. The Kier molecular flexibility index (Phi) is 15.2. The second kappa shape index (κ2) is 18.7. The van der Waals surface area contributed by atoms with Crippen LogP contribution in [0.15, 0.2) is 30.5 Å². The lowest BCUT2D eigenvalue weighted by Gasteiger charge is -2.27. The van der Waals surface area contributed by atoms with E-state index in [1.807, 2.05) is 29.6 Å². The van der Waals surface area contributed by atoms with E-state index in [9.17, 15) is 48.6 Å². The zero-order chi connectivity index (χ0) is 36.8. The quantitative estimate of drug-likeness (QED) is 0.0732. The molecule has 0 saturated heterocycles. The molecule has 2 rings (SSSR count). The van der Waals surface area contributed by atoms with Crippen LogP contribution in [0.5, 0.6) is 0 Å². The third kappa shape index (κ3) is 13.3. The first kappa shape index (κ1) is 39.7. The number of hydrogen-bond acceptors (Lipinski definition) is 9. The van der Waals surface area contributed by atoms with Crippen LogP contribution in [0.2, 0.25) is 0 Å². The van der Waals surface area contributed by atoms with Crippen molar-refractivity contribution >= 4 is 58.3 Å². The summed E-state index contributed by atoms with van der Waals surface area (Å²) >= 11 is 0. The number of nitrogens with one attached hydrogen (secondary N) is 5. The van der Waals surface area contributed by atoms with Crippen molar-refractivity contribution in [3.8, 4) is 0 Å². The van der Waals surface area contributed by atoms with E-state index in [1.54, 1.807) is 20.0 Å². The Labute approximate surface area is 280 Å². The summed E-state index contributed by atoms with van der Waals surface area (Å²) in [7, 11) is 0. The van der Waals surface area contributed by atoms with Crippen molar-refractivity contribution in [2.75, 3.05) is 0 Å². The second-order valence-electron chi connectivity index (χ2n) is 11.9. The number of H-pyrrole nitrogens is 1. The van der Waals surface area contributed by atoms with Gasteiger partial charge in [-0.15, -0.1) is 0 Å². The predicted molar refractivity (Wildman–Crippen MR) is 172 cm³/mol. The molecule has 0 radical (unpaired) electrons. The summed E-state index contributed by atoms with van der Waals surface area (Å²) < 4.78 is 0. The number of aromatic nitrogens is 1. The Bertz CT molecular complexity index is 1540. The van der Waals surface area contributed by atoms with E-state index in [-0.39, 0.29) is 31.6 Å². The molecule has 0 fully saturated rings. The van der Waals surface area contributed by atoms with Crippen LogP contribution >= 0.6 is 0 Å². The zero-order valence-corrected chi connectivity index (χ0v) is 27.1. The predicted octanol–water partition coefficient (Wildman–Crippen LogP) is -1.29. The van der Waals surface area contributed by atoms with Crippen LogP contribution in [0.25, 0.3) is 10.9 Å². The summed E-state index contributed by atoms with van der Waals surface area (Å²) in [5.74, 6) is -9.22. The van der Waals surface area contributed by atoms with E-state index in [0.717, 1.165) is 16.5 Å². The molecular formula is C31H43N7O11. The van der Waals surface area contributed by atoms with Crippen LogP contribution in [-0.4, -0.2) is 98.0 Å². The van der Waals surface area contributed by atoms with Crippen LogP contribution in [0.4, 0.5) is 0 Å². The normalized spacial score (nSPS) is 14.1. The van der Waals surface area contributed by atoms with Gasteiger partial charge in [-0.05, 0) is 43.2 Å². The molecule has 18 nitrogen and oxygen atoms in total. The molecule has 0 aliphatic heterocycles. The molecule has 5 atom stereocenters. The minimum Gasteiger partial charge on any atom is -0.481 e. The topological polar surface area (TPSA) is 313 Å². The summed E-state index contributed by atoms with van der Waals surface area (Å²) in [6.07, 6.45) is -0.868. The minimum absolute atomic E-state index is 0.00181. The monoisotopic (exact) mass is 689 g/mol. The Morgan fingerprint density at radius 3 is 1.82 bits per heavy atom. The molecule has 268 valence electrons. The van der Waals surface area contributed by atoms with Gasteiger partial charge < -0.3 is 53.0 Å². The highest BCUT2D eigenvalue weighted by Gasteiger charge is 2.33. The number of carbonyl (C=O) groups excluding carboxylic acids is 5. The Morgan fingerprint density at radius 2 is 1.27 bits per heavy atom. The maximum absolute atomic E-state index is 13.5. The van der Waals surface area contributed by atoms with Gasteiger partial charge in [0.25, 0.3) is 0 Å². The van der Waals surface area contributed by atoms with Gasteiger partial charge in [0, 0.05) is 29.9 Å². The Hall–Kier alpha value is -5.52. The summed E-state index contributed by atoms with van der Waals surface area (Å²) in [4.78, 5) is 101. The van der Waals surface area contributed by atoms with Crippen molar-refractivity contribution in [3.05, 3.63) is 36.0 Å². The van der Waals surface area contributed by atoms with Gasteiger partial charge in [0.1, 0.15) is 24.2 Å². The first-order valence-corrected chi connectivity index (χ1v) is 15.4. The summed E-state index contributed by atoms with van der Waals surface area (Å²) in [5.41, 5.74) is 12.9. The highest BCUT2D eigenvalue weighted by Crippen LogP contribution is 2.19. The number of amides is 5. The molecule has 0 aliphatic rings. The molecule has 0 aliphatic carbocycles. The number of nitrogens with two attached hydrogens (primary N) is 2. The molecule has 1 aromatic heterocycles. The fourth-order valence-corrected chi connectivity index (χ4v) is 4.90. The van der Waals surface area contributed by atoms with Gasteiger partial charge in [0.15, 0.2) is 0 Å². The molecule has 1 aromatic carbocycles. The summed E-state index contributed by atoms with van der Waals surface area (Å²) in [5, 5.41) is 37.7. The van der Waals surface area contributed by atoms with E-state index in [2.05, 4.69) is 20.9 Å². The molecule has 0 bridgehead atoms. The lowest BCUT2D eigenvalue weighted by molar-refractivity contribution is -0.147.